The molecular weight excluding hydrogens is 358 g/mol. The Morgan fingerprint density at radius 3 is 1.20 bits per heavy atom. The first-order valence-electron chi connectivity index (χ1n) is 7.12. The monoisotopic (exact) mass is 368 g/mol. The summed E-state index contributed by atoms with van der Waals surface area (Å²) < 4.78 is 83.2. The van der Waals surface area contributed by atoms with Gasteiger partial charge in [-0.05, 0) is 0 Å². The molecular formula is C18H10F5OP. The predicted molar refractivity (Wildman–Crippen MR) is 85.6 cm³/mol. The molecule has 0 amide bonds. The smallest absolute Gasteiger partial charge is 0.200 e. The minimum absolute atomic E-state index is 0.0376. The van der Waals surface area contributed by atoms with Crippen molar-refractivity contribution < 1.29 is 26.5 Å². The van der Waals surface area contributed by atoms with Crippen LogP contribution in [0.2, 0.25) is 0 Å². The molecule has 0 N–H and O–H groups in total. The van der Waals surface area contributed by atoms with Gasteiger partial charge in [-0.3, -0.25) is 0 Å². The summed E-state index contributed by atoms with van der Waals surface area (Å²) in [5, 5.41) is -1.39. The zero-order valence-electron chi connectivity index (χ0n) is 12.5. The molecule has 25 heavy (non-hydrogen) atoms. The minimum Gasteiger partial charge on any atom is -0.308 e. The molecule has 1 nitrogen and oxygen atoms in total. The third kappa shape index (κ3) is 2.67. The van der Waals surface area contributed by atoms with Crippen LogP contribution in [0.1, 0.15) is 0 Å². The first kappa shape index (κ1) is 17.4. The summed E-state index contributed by atoms with van der Waals surface area (Å²) in [4.78, 5) is 0. The maximum atomic E-state index is 14.4. The Bertz CT molecular complexity index is 901. The number of hydrogen-bond acceptors (Lipinski definition) is 1. The van der Waals surface area contributed by atoms with E-state index < -0.39 is 41.5 Å². The van der Waals surface area contributed by atoms with E-state index >= 15 is 0 Å². The van der Waals surface area contributed by atoms with Crippen LogP contribution >= 0.6 is 7.14 Å². The van der Waals surface area contributed by atoms with Crippen LogP contribution in [-0.2, 0) is 4.57 Å². The molecule has 0 saturated heterocycles. The molecule has 0 heterocycles. The highest BCUT2D eigenvalue weighted by molar-refractivity contribution is 7.85. The van der Waals surface area contributed by atoms with Crippen molar-refractivity contribution in [2.75, 3.05) is 0 Å². The summed E-state index contributed by atoms with van der Waals surface area (Å²) >= 11 is 0. The van der Waals surface area contributed by atoms with E-state index in [-0.39, 0.29) is 10.6 Å². The second-order valence-electron chi connectivity index (χ2n) is 5.20. The quantitative estimate of drug-likeness (QED) is 0.295. The summed E-state index contributed by atoms with van der Waals surface area (Å²) in [6, 6.07) is 14.3. The molecule has 3 aromatic rings. The first-order valence-corrected chi connectivity index (χ1v) is 8.83. The average molecular weight is 368 g/mol. The molecule has 0 bridgehead atoms. The standard InChI is InChI=1S/C18H10F5OP/c19-13-14(20)16(22)18(17(23)15(13)21)25(24,11-7-3-1-4-8-11)12-9-5-2-6-10-12/h1-10H. The summed E-state index contributed by atoms with van der Waals surface area (Å²) in [5.74, 6) is -10.7. The van der Waals surface area contributed by atoms with E-state index in [2.05, 4.69) is 0 Å². The van der Waals surface area contributed by atoms with Crippen molar-refractivity contribution >= 4 is 23.1 Å². The molecule has 3 rings (SSSR count). The van der Waals surface area contributed by atoms with Gasteiger partial charge >= 0.3 is 0 Å². The van der Waals surface area contributed by atoms with Crippen LogP contribution in [0.5, 0.6) is 0 Å². The van der Waals surface area contributed by atoms with Crippen molar-refractivity contribution in [3.05, 3.63) is 89.7 Å². The van der Waals surface area contributed by atoms with Crippen molar-refractivity contribution in [2.24, 2.45) is 0 Å². The Kier molecular flexibility index (Phi) is 4.48. The molecule has 7 heteroatoms. The Labute approximate surface area is 140 Å². The van der Waals surface area contributed by atoms with Gasteiger partial charge in [-0.15, -0.1) is 0 Å². The minimum atomic E-state index is -4.32. The van der Waals surface area contributed by atoms with Gasteiger partial charge in [0.1, 0.15) is 0 Å². The molecule has 3 aromatic carbocycles. The average Bonchev–Trinajstić information content (AvgIpc) is 2.66. The van der Waals surface area contributed by atoms with Gasteiger partial charge in [0.2, 0.25) is 5.82 Å². The van der Waals surface area contributed by atoms with Gasteiger partial charge in [-0.25, -0.2) is 22.0 Å². The number of rotatable bonds is 3. The zero-order chi connectivity index (χ0) is 18.2. The van der Waals surface area contributed by atoms with Crippen molar-refractivity contribution in [3.63, 3.8) is 0 Å². The van der Waals surface area contributed by atoms with Crippen LogP contribution in [0.4, 0.5) is 22.0 Å². The van der Waals surface area contributed by atoms with E-state index in [0.717, 1.165) is 0 Å². The van der Waals surface area contributed by atoms with Crippen molar-refractivity contribution in [2.45, 2.75) is 0 Å². The van der Waals surface area contributed by atoms with Gasteiger partial charge in [0.25, 0.3) is 0 Å². The fourth-order valence-electron chi connectivity index (χ4n) is 2.55. The van der Waals surface area contributed by atoms with Gasteiger partial charge in [-0.2, -0.15) is 0 Å². The highest BCUT2D eigenvalue weighted by Gasteiger charge is 2.40. The second-order valence-corrected chi connectivity index (χ2v) is 7.90. The molecule has 0 aliphatic carbocycles. The van der Waals surface area contributed by atoms with E-state index in [1.807, 2.05) is 0 Å². The number of halogens is 5. The third-order valence-corrected chi connectivity index (χ3v) is 6.81. The SMILES string of the molecule is O=P(c1ccccc1)(c1ccccc1)c1c(F)c(F)c(F)c(F)c1F. The normalized spacial score (nSPS) is 11.6. The highest BCUT2D eigenvalue weighted by atomic mass is 31.2. The Morgan fingerprint density at radius 2 is 0.840 bits per heavy atom. The molecule has 0 fully saturated rings. The van der Waals surface area contributed by atoms with Crippen molar-refractivity contribution in [1.29, 1.82) is 0 Å². The molecule has 0 aromatic heterocycles. The lowest BCUT2D eigenvalue weighted by Gasteiger charge is -2.21. The number of hydrogen-bond donors (Lipinski definition) is 0. The van der Waals surface area contributed by atoms with Crippen LogP contribution in [0.15, 0.2) is 60.7 Å². The highest BCUT2D eigenvalue weighted by Crippen LogP contribution is 2.44. The summed E-state index contributed by atoms with van der Waals surface area (Å²) in [6.45, 7) is 0. The molecule has 0 aliphatic heterocycles. The van der Waals surface area contributed by atoms with E-state index in [1.165, 1.54) is 48.5 Å². The number of benzene rings is 3. The molecule has 0 spiro atoms. The maximum Gasteiger partial charge on any atom is 0.200 e. The van der Waals surface area contributed by atoms with Gasteiger partial charge in [0.15, 0.2) is 30.4 Å². The topological polar surface area (TPSA) is 17.1 Å². The molecule has 0 aliphatic rings. The maximum absolute atomic E-state index is 14.4. The van der Waals surface area contributed by atoms with Gasteiger partial charge in [0, 0.05) is 10.6 Å². The lowest BCUT2D eigenvalue weighted by Crippen LogP contribution is -2.31. The van der Waals surface area contributed by atoms with Gasteiger partial charge < -0.3 is 4.57 Å². The van der Waals surface area contributed by atoms with E-state index in [9.17, 15) is 26.5 Å². The Morgan fingerprint density at radius 1 is 0.520 bits per heavy atom. The van der Waals surface area contributed by atoms with Crippen LogP contribution in [0.25, 0.3) is 0 Å². The van der Waals surface area contributed by atoms with E-state index in [4.69, 9.17) is 0 Å². The zero-order valence-corrected chi connectivity index (χ0v) is 13.4. The van der Waals surface area contributed by atoms with Crippen LogP contribution in [0.3, 0.4) is 0 Å². The van der Waals surface area contributed by atoms with E-state index in [1.54, 1.807) is 12.1 Å². The summed E-state index contributed by atoms with van der Waals surface area (Å²) in [7, 11) is -4.32. The van der Waals surface area contributed by atoms with Crippen LogP contribution < -0.4 is 15.9 Å². The molecule has 0 atom stereocenters. The third-order valence-electron chi connectivity index (χ3n) is 3.74. The largest absolute Gasteiger partial charge is 0.308 e. The first-order chi connectivity index (χ1) is 11.9. The van der Waals surface area contributed by atoms with E-state index in [0.29, 0.717) is 0 Å². The predicted octanol–water partition coefficient (Wildman–Crippen LogP) is 4.02. The lowest BCUT2D eigenvalue weighted by atomic mass is 10.3. The summed E-state index contributed by atoms with van der Waals surface area (Å²) in [5.41, 5.74) is 0. The molecule has 0 saturated carbocycles. The van der Waals surface area contributed by atoms with Gasteiger partial charge in [0.05, 0.1) is 5.30 Å². The lowest BCUT2D eigenvalue weighted by molar-refractivity contribution is 0.384. The fraction of sp³-hybridized carbons (Fsp3) is 0. The molecule has 128 valence electrons. The van der Waals surface area contributed by atoms with Gasteiger partial charge in [-0.1, -0.05) is 60.7 Å². The van der Waals surface area contributed by atoms with Crippen molar-refractivity contribution in [3.8, 4) is 0 Å². The fourth-order valence-corrected chi connectivity index (χ4v) is 5.30. The second kappa shape index (κ2) is 6.45. The Balaban J connectivity index is 2.46. The molecule has 0 unspecified atom stereocenters. The van der Waals surface area contributed by atoms with Crippen LogP contribution in [0, 0.1) is 29.1 Å². The van der Waals surface area contributed by atoms with Crippen LogP contribution in [-0.4, -0.2) is 0 Å². The Hall–Kier alpha value is -2.46. The molecule has 0 radical (unpaired) electrons. The van der Waals surface area contributed by atoms with Crippen molar-refractivity contribution in [1.82, 2.24) is 0 Å². The summed E-state index contributed by atoms with van der Waals surface area (Å²) in [6.07, 6.45) is 0.